The van der Waals surface area contributed by atoms with Crippen molar-refractivity contribution in [3.63, 3.8) is 0 Å². The summed E-state index contributed by atoms with van der Waals surface area (Å²) in [7, 11) is 0. The molecule has 5 aromatic rings. The van der Waals surface area contributed by atoms with Gasteiger partial charge < -0.3 is 4.74 Å². The number of aliphatic imine (C=N–C) groups is 1. The summed E-state index contributed by atoms with van der Waals surface area (Å²) in [6, 6.07) is 42.4. The number of Topliss-reactive ketones (excluding diaryl/α,β-unsaturated/α-hetero) is 3. The number of nitrogens with zero attached hydrogens (tertiary/aromatic N) is 1. The molecule has 0 amide bonds. The molecule has 0 bridgehead atoms. The SMILES string of the molecule is C[C@]1(N=C(C(=O)c2ccccc2)C(=O)c2ccccc2)OC(c2ccccc2)=C(C(=O)c2ccccc2)[C@H]1c1ccccc1Cl. The van der Waals surface area contributed by atoms with Gasteiger partial charge in [-0.15, -0.1) is 0 Å². The van der Waals surface area contributed by atoms with E-state index in [9.17, 15) is 14.4 Å². The van der Waals surface area contributed by atoms with Crippen LogP contribution in [0.2, 0.25) is 5.02 Å². The standard InChI is InChI=1S/C39H28ClNO4/c1-39(41-34(36(43)27-18-8-3-9-19-27)37(44)28-20-10-4-11-21-28)33(30-24-14-15-25-31(30)40)32(35(42)26-16-6-2-7-17-26)38(45-39)29-22-12-5-13-23-29/h2-25,33H,1H3/t33-,39+/m1/s1. The van der Waals surface area contributed by atoms with Gasteiger partial charge in [-0.05, 0) is 18.6 Å². The molecule has 45 heavy (non-hydrogen) atoms. The molecule has 0 saturated carbocycles. The van der Waals surface area contributed by atoms with Crippen molar-refractivity contribution >= 4 is 40.4 Å². The van der Waals surface area contributed by atoms with Gasteiger partial charge in [0.05, 0.1) is 11.5 Å². The first-order chi connectivity index (χ1) is 21.9. The fourth-order valence-corrected chi connectivity index (χ4v) is 5.87. The smallest absolute Gasteiger partial charge is 0.215 e. The van der Waals surface area contributed by atoms with Gasteiger partial charge in [0, 0.05) is 27.3 Å². The van der Waals surface area contributed by atoms with E-state index >= 15 is 0 Å². The van der Waals surface area contributed by atoms with Crippen molar-refractivity contribution in [1.82, 2.24) is 0 Å². The first-order valence-corrected chi connectivity index (χ1v) is 14.9. The van der Waals surface area contributed by atoms with Gasteiger partial charge in [0.25, 0.3) is 0 Å². The Morgan fingerprint density at radius 3 is 1.58 bits per heavy atom. The number of hydrogen-bond donors (Lipinski definition) is 0. The Hall–Kier alpha value is -5.39. The summed E-state index contributed by atoms with van der Waals surface area (Å²) in [5.41, 5.74) is 0.669. The van der Waals surface area contributed by atoms with Gasteiger partial charge in [-0.25, -0.2) is 4.99 Å². The molecule has 0 spiro atoms. The summed E-state index contributed by atoms with van der Waals surface area (Å²) in [5.74, 6) is -1.97. The molecule has 0 radical (unpaired) electrons. The molecule has 0 aliphatic carbocycles. The molecular formula is C39H28ClNO4. The van der Waals surface area contributed by atoms with Crippen molar-refractivity contribution in [3.8, 4) is 0 Å². The van der Waals surface area contributed by atoms with Crippen LogP contribution in [0.5, 0.6) is 0 Å². The van der Waals surface area contributed by atoms with Gasteiger partial charge in [0.2, 0.25) is 17.3 Å². The summed E-state index contributed by atoms with van der Waals surface area (Å²) in [4.78, 5) is 47.5. The van der Waals surface area contributed by atoms with E-state index in [0.29, 0.717) is 44.2 Å². The van der Waals surface area contributed by atoms with Crippen LogP contribution >= 0.6 is 11.6 Å². The van der Waals surface area contributed by atoms with Crippen LogP contribution < -0.4 is 0 Å². The van der Waals surface area contributed by atoms with Crippen molar-refractivity contribution in [1.29, 1.82) is 0 Å². The van der Waals surface area contributed by atoms with Crippen LogP contribution in [0, 0.1) is 0 Å². The molecule has 220 valence electrons. The summed E-state index contributed by atoms with van der Waals surface area (Å²) in [6.07, 6.45) is 0. The largest absolute Gasteiger partial charge is 0.464 e. The lowest BCUT2D eigenvalue weighted by Crippen LogP contribution is -2.36. The summed E-state index contributed by atoms with van der Waals surface area (Å²) < 4.78 is 6.72. The fraction of sp³-hybridized carbons (Fsp3) is 0.0769. The summed E-state index contributed by atoms with van der Waals surface area (Å²) in [5, 5.41) is 0.394. The number of hydrogen-bond acceptors (Lipinski definition) is 5. The van der Waals surface area contributed by atoms with Crippen LogP contribution in [0.3, 0.4) is 0 Å². The topological polar surface area (TPSA) is 72.8 Å². The van der Waals surface area contributed by atoms with Crippen molar-refractivity contribution in [2.24, 2.45) is 4.99 Å². The Bertz CT molecular complexity index is 1880. The van der Waals surface area contributed by atoms with Crippen LogP contribution in [0.25, 0.3) is 5.76 Å². The fourth-order valence-electron chi connectivity index (χ4n) is 5.62. The lowest BCUT2D eigenvalue weighted by atomic mass is 9.80. The van der Waals surface area contributed by atoms with Gasteiger partial charge in [-0.3, -0.25) is 14.4 Å². The zero-order chi connectivity index (χ0) is 31.4. The Morgan fingerprint density at radius 1 is 0.622 bits per heavy atom. The molecule has 0 N–H and O–H groups in total. The minimum absolute atomic E-state index is 0.274. The monoisotopic (exact) mass is 609 g/mol. The Morgan fingerprint density at radius 2 is 1.07 bits per heavy atom. The third-order valence-corrected chi connectivity index (χ3v) is 8.09. The first-order valence-electron chi connectivity index (χ1n) is 14.5. The van der Waals surface area contributed by atoms with E-state index in [4.69, 9.17) is 21.3 Å². The van der Waals surface area contributed by atoms with Crippen molar-refractivity contribution < 1.29 is 19.1 Å². The normalized spacial score (nSPS) is 17.3. The molecule has 1 aliphatic rings. The number of carbonyl (C=O) groups is 3. The minimum Gasteiger partial charge on any atom is -0.464 e. The maximum atomic E-state index is 14.4. The van der Waals surface area contributed by atoms with Gasteiger partial charge in [-0.1, -0.05) is 151 Å². The van der Waals surface area contributed by atoms with Gasteiger partial charge in [0.15, 0.2) is 11.5 Å². The zero-order valence-corrected chi connectivity index (χ0v) is 25.1. The predicted molar refractivity (Wildman–Crippen MR) is 177 cm³/mol. The Balaban J connectivity index is 1.62. The van der Waals surface area contributed by atoms with Crippen LogP contribution in [0.1, 0.15) is 55.0 Å². The summed E-state index contributed by atoms with van der Waals surface area (Å²) in [6.45, 7) is 1.69. The molecule has 1 heterocycles. The predicted octanol–water partition coefficient (Wildman–Crippen LogP) is 8.67. The molecule has 0 aromatic heterocycles. The van der Waals surface area contributed by atoms with Crippen LogP contribution in [-0.2, 0) is 4.74 Å². The quantitative estimate of drug-likeness (QED) is 0.0952. The number of ketones is 3. The maximum absolute atomic E-state index is 14.4. The molecule has 5 aromatic carbocycles. The highest BCUT2D eigenvalue weighted by molar-refractivity contribution is 6.72. The zero-order valence-electron chi connectivity index (χ0n) is 24.4. The lowest BCUT2D eigenvalue weighted by molar-refractivity contribution is 0.0700. The van der Waals surface area contributed by atoms with E-state index in [1.807, 2.05) is 48.5 Å². The molecule has 6 heteroatoms. The molecular weight excluding hydrogens is 582 g/mol. The number of benzene rings is 5. The second kappa shape index (κ2) is 12.7. The molecule has 1 aliphatic heterocycles. The first kappa shape index (κ1) is 29.7. The Labute approximate surface area is 266 Å². The summed E-state index contributed by atoms with van der Waals surface area (Å²) >= 11 is 6.82. The highest BCUT2D eigenvalue weighted by Gasteiger charge is 2.52. The van der Waals surface area contributed by atoms with Crippen molar-refractivity contribution in [3.05, 3.63) is 184 Å². The van der Waals surface area contributed by atoms with Gasteiger partial charge >= 0.3 is 0 Å². The molecule has 0 saturated heterocycles. The molecule has 0 unspecified atom stereocenters. The lowest BCUT2D eigenvalue weighted by Gasteiger charge is -2.30. The van der Waals surface area contributed by atoms with Crippen molar-refractivity contribution in [2.75, 3.05) is 0 Å². The van der Waals surface area contributed by atoms with Gasteiger partial charge in [-0.2, -0.15) is 0 Å². The van der Waals surface area contributed by atoms with E-state index in [-0.39, 0.29) is 11.5 Å². The van der Waals surface area contributed by atoms with E-state index in [1.54, 1.807) is 104 Å². The minimum atomic E-state index is -1.62. The second-order valence-electron chi connectivity index (χ2n) is 10.8. The molecule has 2 atom stereocenters. The van der Waals surface area contributed by atoms with E-state index in [0.717, 1.165) is 0 Å². The highest BCUT2D eigenvalue weighted by atomic mass is 35.5. The van der Waals surface area contributed by atoms with Gasteiger partial charge in [0.1, 0.15) is 5.76 Å². The molecule has 6 rings (SSSR count). The average molecular weight is 610 g/mol. The number of halogens is 1. The van der Waals surface area contributed by atoms with Crippen LogP contribution in [-0.4, -0.2) is 28.8 Å². The molecule has 5 nitrogen and oxygen atoms in total. The molecule has 0 fully saturated rings. The highest BCUT2D eigenvalue weighted by Crippen LogP contribution is 2.52. The maximum Gasteiger partial charge on any atom is 0.215 e. The third kappa shape index (κ3) is 5.91. The van der Waals surface area contributed by atoms with Crippen molar-refractivity contribution in [2.45, 2.75) is 18.6 Å². The second-order valence-corrected chi connectivity index (χ2v) is 11.2. The number of ether oxygens (including phenoxy) is 1. The average Bonchev–Trinajstić information content (AvgIpc) is 3.40. The van der Waals surface area contributed by atoms with Crippen LogP contribution in [0.4, 0.5) is 0 Å². The number of rotatable bonds is 9. The van der Waals surface area contributed by atoms with E-state index in [2.05, 4.69) is 0 Å². The van der Waals surface area contributed by atoms with E-state index in [1.165, 1.54) is 0 Å². The number of carbonyl (C=O) groups excluding carboxylic acids is 3. The van der Waals surface area contributed by atoms with Crippen LogP contribution in [0.15, 0.2) is 156 Å². The van der Waals surface area contributed by atoms with E-state index < -0.39 is 23.2 Å². The Kier molecular flexibility index (Phi) is 8.37. The third-order valence-electron chi connectivity index (χ3n) is 7.75.